The molecule has 1 atom stereocenters. The van der Waals surface area contributed by atoms with Gasteiger partial charge < -0.3 is 0 Å². The number of nitrogens with one attached hydrogen (secondary N) is 1. The molecule has 0 aliphatic carbocycles. The van der Waals surface area contributed by atoms with Crippen LogP contribution in [0.4, 0.5) is 13.2 Å². The van der Waals surface area contributed by atoms with E-state index in [1.807, 2.05) is 41.1 Å². The van der Waals surface area contributed by atoms with E-state index in [0.717, 1.165) is 16.5 Å². The largest absolute Gasteiger partial charge is 0.437 e. The number of aliphatic imine (C=N–C) groups is 1. The maximum atomic E-state index is 12.6. The average molecular weight is 346 g/mol. The van der Waals surface area contributed by atoms with Gasteiger partial charge in [0, 0.05) is 10.9 Å². The highest BCUT2D eigenvalue weighted by Crippen LogP contribution is 2.27. The molecule has 2 heterocycles. The third-order valence-corrected chi connectivity index (χ3v) is 3.88. The van der Waals surface area contributed by atoms with Gasteiger partial charge in [-0.1, -0.05) is 30.3 Å². The van der Waals surface area contributed by atoms with Gasteiger partial charge in [-0.3, -0.25) is 4.68 Å². The molecule has 4 rings (SSSR count). The minimum Gasteiger partial charge on any atom is -0.260 e. The summed E-state index contributed by atoms with van der Waals surface area (Å²) < 4.78 is 39.7. The number of rotatable bonds is 3. The quantitative estimate of drug-likeness (QED) is 0.792. The van der Waals surface area contributed by atoms with Crippen molar-refractivity contribution in [2.45, 2.75) is 18.9 Å². The summed E-state index contributed by atoms with van der Waals surface area (Å²) in [7, 11) is 0. The summed E-state index contributed by atoms with van der Waals surface area (Å²) >= 11 is 0. The van der Waals surface area contributed by atoms with Crippen molar-refractivity contribution in [2.75, 3.05) is 0 Å². The number of aromatic nitrogens is 2. The van der Waals surface area contributed by atoms with Crippen LogP contribution in [0.1, 0.15) is 11.1 Å². The molecule has 8 heteroatoms. The van der Waals surface area contributed by atoms with Gasteiger partial charge in [-0.25, -0.2) is 15.3 Å². The minimum atomic E-state index is -4.54. The molecule has 1 N–H and O–H groups in total. The zero-order valence-corrected chi connectivity index (χ0v) is 12.9. The van der Waals surface area contributed by atoms with E-state index in [4.69, 9.17) is 0 Å². The first-order chi connectivity index (χ1) is 12.0. The number of hydrogen-bond donors (Lipinski definition) is 1. The lowest BCUT2D eigenvalue weighted by atomic mass is 10.1. The van der Waals surface area contributed by atoms with E-state index < -0.39 is 12.4 Å². The van der Waals surface area contributed by atoms with Crippen LogP contribution in [0.15, 0.2) is 59.7 Å². The lowest BCUT2D eigenvalue weighted by Crippen LogP contribution is -2.29. The van der Waals surface area contributed by atoms with Crippen molar-refractivity contribution in [1.82, 2.24) is 15.3 Å². The van der Waals surface area contributed by atoms with Crippen molar-refractivity contribution in [1.29, 1.82) is 0 Å². The molecule has 1 unspecified atom stereocenters. The molecule has 0 saturated heterocycles. The summed E-state index contributed by atoms with van der Waals surface area (Å²) in [5.74, 6) is 0.0556. The molecule has 5 nitrogen and oxygen atoms in total. The molecule has 2 aromatic carbocycles. The topological polar surface area (TPSA) is 51.4 Å². The predicted octanol–water partition coefficient (Wildman–Crippen LogP) is 3.25. The van der Waals surface area contributed by atoms with E-state index >= 15 is 0 Å². The van der Waals surface area contributed by atoms with Crippen LogP contribution < -0.4 is 5.48 Å². The molecule has 25 heavy (non-hydrogen) atoms. The molecule has 128 valence electrons. The van der Waals surface area contributed by atoms with Gasteiger partial charge in [-0.05, 0) is 23.8 Å². The van der Waals surface area contributed by atoms with Crippen molar-refractivity contribution in [2.24, 2.45) is 4.99 Å². The van der Waals surface area contributed by atoms with Gasteiger partial charge >= 0.3 is 6.18 Å². The highest BCUT2D eigenvalue weighted by molar-refractivity contribution is 6.01. The Morgan fingerprint density at radius 1 is 1.12 bits per heavy atom. The molecule has 0 amide bonds. The number of alkyl halides is 3. The first-order valence-corrected chi connectivity index (χ1v) is 7.57. The molecule has 1 aromatic heterocycles. The average Bonchev–Trinajstić information content (AvgIpc) is 3.23. The normalized spacial score (nSPS) is 17.6. The first kappa shape index (κ1) is 15.6. The summed E-state index contributed by atoms with van der Waals surface area (Å²) in [5.41, 5.74) is 4.76. The number of benzene rings is 2. The number of halogens is 3. The molecule has 1 aliphatic rings. The van der Waals surface area contributed by atoms with E-state index in [2.05, 4.69) is 20.4 Å². The highest BCUT2D eigenvalue weighted by atomic mass is 19.4. The van der Waals surface area contributed by atoms with Gasteiger partial charge in [0.2, 0.25) is 0 Å². The smallest absolute Gasteiger partial charge is 0.260 e. The number of hydrogen-bond acceptors (Lipinski definition) is 4. The van der Waals surface area contributed by atoms with Crippen molar-refractivity contribution in [3.05, 3.63) is 65.9 Å². The van der Waals surface area contributed by atoms with Crippen LogP contribution in [0.5, 0.6) is 0 Å². The van der Waals surface area contributed by atoms with Gasteiger partial charge in [0.25, 0.3) is 6.23 Å². The van der Waals surface area contributed by atoms with Gasteiger partial charge in [-0.2, -0.15) is 18.3 Å². The second kappa shape index (κ2) is 5.89. The molecular weight excluding hydrogens is 333 g/mol. The summed E-state index contributed by atoms with van der Waals surface area (Å²) in [6.45, 7) is 0.613. The zero-order valence-electron chi connectivity index (χ0n) is 12.9. The molecule has 0 radical (unpaired) electrons. The zero-order chi connectivity index (χ0) is 17.4. The molecular formula is C17H13F3N4O. The van der Waals surface area contributed by atoms with Crippen LogP contribution in [0.3, 0.4) is 0 Å². The van der Waals surface area contributed by atoms with Crippen LogP contribution >= 0.6 is 0 Å². The van der Waals surface area contributed by atoms with E-state index in [1.165, 1.54) is 0 Å². The van der Waals surface area contributed by atoms with Crippen LogP contribution in [-0.4, -0.2) is 28.0 Å². The Morgan fingerprint density at radius 3 is 2.64 bits per heavy atom. The van der Waals surface area contributed by atoms with Crippen molar-refractivity contribution in [3.8, 4) is 0 Å². The van der Waals surface area contributed by atoms with Crippen LogP contribution in [-0.2, 0) is 11.4 Å². The molecule has 0 bridgehead atoms. The SMILES string of the molecule is FC(F)(F)C1N=C(c2ccc3c(cnn3Cc3ccccc3)c2)NO1. The fourth-order valence-corrected chi connectivity index (χ4v) is 2.67. The predicted molar refractivity (Wildman–Crippen MR) is 85.9 cm³/mol. The molecule has 1 aliphatic heterocycles. The molecule has 0 spiro atoms. The standard InChI is InChI=1S/C17H13F3N4O/c18-17(19,20)16-22-15(23-25-16)12-6-7-14-13(8-12)9-21-24(14)10-11-4-2-1-3-5-11/h1-9,16H,10H2,(H,22,23). The van der Waals surface area contributed by atoms with Crippen LogP contribution in [0.25, 0.3) is 10.9 Å². The Hall–Kier alpha value is -2.87. The van der Waals surface area contributed by atoms with Gasteiger partial charge in [0.05, 0.1) is 18.3 Å². The Labute approximate surface area is 140 Å². The summed E-state index contributed by atoms with van der Waals surface area (Å²) in [5, 5.41) is 5.17. The van der Waals surface area contributed by atoms with Crippen molar-refractivity contribution < 1.29 is 18.0 Å². The van der Waals surface area contributed by atoms with E-state index in [1.54, 1.807) is 18.3 Å². The second-order valence-electron chi connectivity index (χ2n) is 5.65. The molecule has 0 fully saturated rings. The lowest BCUT2D eigenvalue weighted by Gasteiger charge is -2.08. The monoisotopic (exact) mass is 346 g/mol. The van der Waals surface area contributed by atoms with E-state index in [9.17, 15) is 13.2 Å². The number of hydroxylamine groups is 1. The fraction of sp³-hybridized carbons (Fsp3) is 0.176. The molecule has 3 aromatic rings. The second-order valence-corrected chi connectivity index (χ2v) is 5.65. The summed E-state index contributed by atoms with van der Waals surface area (Å²) in [6.07, 6.45) is -5.04. The Balaban J connectivity index is 1.62. The molecule has 0 saturated carbocycles. The lowest BCUT2D eigenvalue weighted by molar-refractivity contribution is -0.220. The number of fused-ring (bicyclic) bond motifs is 1. The summed E-state index contributed by atoms with van der Waals surface area (Å²) in [4.78, 5) is 8.02. The first-order valence-electron chi connectivity index (χ1n) is 7.57. The summed E-state index contributed by atoms with van der Waals surface area (Å²) in [6, 6.07) is 15.1. The third kappa shape index (κ3) is 3.08. The minimum absolute atomic E-state index is 0.0556. The third-order valence-electron chi connectivity index (χ3n) is 3.88. The van der Waals surface area contributed by atoms with E-state index in [0.29, 0.717) is 12.1 Å². The van der Waals surface area contributed by atoms with Crippen molar-refractivity contribution >= 4 is 16.7 Å². The van der Waals surface area contributed by atoms with E-state index in [-0.39, 0.29) is 5.84 Å². The number of amidine groups is 1. The Bertz CT molecular complexity index is 934. The fourth-order valence-electron chi connectivity index (χ4n) is 2.67. The maximum absolute atomic E-state index is 12.6. The van der Waals surface area contributed by atoms with Gasteiger partial charge in [-0.15, -0.1) is 0 Å². The van der Waals surface area contributed by atoms with Crippen LogP contribution in [0.2, 0.25) is 0 Å². The van der Waals surface area contributed by atoms with Crippen molar-refractivity contribution in [3.63, 3.8) is 0 Å². The highest BCUT2D eigenvalue weighted by Gasteiger charge is 2.44. The Morgan fingerprint density at radius 2 is 1.92 bits per heavy atom. The number of nitrogens with zero attached hydrogens (tertiary/aromatic N) is 3. The Kier molecular flexibility index (Phi) is 3.69. The van der Waals surface area contributed by atoms with Gasteiger partial charge in [0.15, 0.2) is 5.84 Å². The van der Waals surface area contributed by atoms with Crippen LogP contribution in [0, 0.1) is 0 Å². The van der Waals surface area contributed by atoms with Gasteiger partial charge in [0.1, 0.15) is 0 Å². The maximum Gasteiger partial charge on any atom is 0.437 e.